The van der Waals surface area contributed by atoms with Gasteiger partial charge in [0.2, 0.25) is 0 Å². The lowest BCUT2D eigenvalue weighted by molar-refractivity contribution is -0.149. The van der Waals surface area contributed by atoms with Gasteiger partial charge in [0, 0.05) is 18.8 Å². The molecule has 16 heavy (non-hydrogen) atoms. The second kappa shape index (κ2) is 3.30. The molecule has 0 N–H and O–H groups in total. The first-order valence-corrected chi connectivity index (χ1v) is 5.74. The van der Waals surface area contributed by atoms with Gasteiger partial charge in [0.1, 0.15) is 6.10 Å². The van der Waals surface area contributed by atoms with Gasteiger partial charge in [0.25, 0.3) is 0 Å². The van der Waals surface area contributed by atoms with E-state index in [-0.39, 0.29) is 29.7 Å². The number of ether oxygens (including phenoxy) is 1. The highest BCUT2D eigenvalue weighted by Crippen LogP contribution is 2.52. The Morgan fingerprint density at radius 3 is 2.81 bits per heavy atom. The minimum absolute atomic E-state index is 0.0457. The molecule has 5 atom stereocenters. The van der Waals surface area contributed by atoms with Crippen molar-refractivity contribution >= 4 is 11.8 Å². The maximum absolute atomic E-state index is 11.8. The summed E-state index contributed by atoms with van der Waals surface area (Å²) >= 11 is 0. The number of fused-ring (bicyclic) bond motifs is 5. The number of esters is 1. The minimum atomic E-state index is -0.269. The fourth-order valence-corrected chi connectivity index (χ4v) is 3.45. The van der Waals surface area contributed by atoms with Gasteiger partial charge in [-0.15, -0.1) is 0 Å². The van der Waals surface area contributed by atoms with Gasteiger partial charge < -0.3 is 4.74 Å². The lowest BCUT2D eigenvalue weighted by atomic mass is 9.74. The molecule has 2 bridgehead atoms. The molecule has 0 heterocycles. The molecular formula is C13H14O3. The van der Waals surface area contributed by atoms with Crippen molar-refractivity contribution < 1.29 is 14.3 Å². The van der Waals surface area contributed by atoms with Crippen LogP contribution < -0.4 is 0 Å². The van der Waals surface area contributed by atoms with Crippen LogP contribution in [-0.2, 0) is 14.3 Å². The summed E-state index contributed by atoms with van der Waals surface area (Å²) in [5, 5.41) is 0. The van der Waals surface area contributed by atoms with Crippen LogP contribution in [0.4, 0.5) is 0 Å². The Labute approximate surface area is 94.2 Å². The van der Waals surface area contributed by atoms with Gasteiger partial charge in [-0.1, -0.05) is 12.2 Å². The molecule has 0 aromatic rings. The van der Waals surface area contributed by atoms with Crippen LogP contribution in [0.1, 0.15) is 13.3 Å². The van der Waals surface area contributed by atoms with E-state index in [1.807, 2.05) is 0 Å². The summed E-state index contributed by atoms with van der Waals surface area (Å²) in [5.41, 5.74) is 0. The predicted molar refractivity (Wildman–Crippen MR) is 57.4 cm³/mol. The van der Waals surface area contributed by atoms with Crippen molar-refractivity contribution in [3.8, 4) is 0 Å². The first kappa shape index (κ1) is 9.82. The summed E-state index contributed by atoms with van der Waals surface area (Å²) in [4.78, 5) is 22.9. The Balaban J connectivity index is 1.92. The standard InChI is InChI=1S/C13H14O3/c1-7(14)16-11-5-4-10(15)12-8-2-3-9(6-8)13(11)12/h2-5,8-9,11-13H,6H2,1H3/t8-,9+,11?,12?,13?/m1/s1. The fourth-order valence-electron chi connectivity index (χ4n) is 3.45. The van der Waals surface area contributed by atoms with Gasteiger partial charge >= 0.3 is 5.97 Å². The summed E-state index contributed by atoms with van der Waals surface area (Å²) in [7, 11) is 0. The third-order valence-electron chi connectivity index (χ3n) is 3.98. The summed E-state index contributed by atoms with van der Waals surface area (Å²) in [5.74, 6) is 0.930. The maximum atomic E-state index is 11.8. The number of carbonyl (C=O) groups excluding carboxylic acids is 2. The molecule has 84 valence electrons. The van der Waals surface area contributed by atoms with E-state index >= 15 is 0 Å². The first-order valence-electron chi connectivity index (χ1n) is 5.74. The molecule has 0 aromatic carbocycles. The van der Waals surface area contributed by atoms with Crippen LogP contribution in [-0.4, -0.2) is 17.9 Å². The molecule has 3 aliphatic rings. The Kier molecular flexibility index (Phi) is 2.03. The molecule has 0 spiro atoms. The van der Waals surface area contributed by atoms with E-state index in [0.717, 1.165) is 6.42 Å². The third-order valence-corrected chi connectivity index (χ3v) is 3.98. The molecule has 0 aromatic heterocycles. The summed E-state index contributed by atoms with van der Waals surface area (Å²) in [6.45, 7) is 1.42. The van der Waals surface area contributed by atoms with Crippen molar-refractivity contribution in [2.75, 3.05) is 0 Å². The average Bonchev–Trinajstić information content (AvgIpc) is 2.82. The van der Waals surface area contributed by atoms with E-state index in [0.29, 0.717) is 11.8 Å². The van der Waals surface area contributed by atoms with Crippen LogP contribution in [0.5, 0.6) is 0 Å². The van der Waals surface area contributed by atoms with Gasteiger partial charge in [-0.05, 0) is 30.4 Å². The van der Waals surface area contributed by atoms with Crippen molar-refractivity contribution in [2.24, 2.45) is 23.7 Å². The zero-order valence-electron chi connectivity index (χ0n) is 9.13. The minimum Gasteiger partial charge on any atom is -0.458 e. The predicted octanol–water partition coefficient (Wildman–Crippen LogP) is 1.50. The number of ketones is 1. The van der Waals surface area contributed by atoms with Crippen LogP contribution in [0.15, 0.2) is 24.3 Å². The third kappa shape index (κ3) is 1.27. The largest absolute Gasteiger partial charge is 0.458 e. The fraction of sp³-hybridized carbons (Fsp3) is 0.538. The molecular weight excluding hydrogens is 204 g/mol. The molecule has 0 saturated heterocycles. The Bertz CT molecular complexity index is 407. The number of rotatable bonds is 1. The SMILES string of the molecule is CC(=O)OC1C=CC(=O)C2C1[C@H]1C=C[C@@H]2C1. The number of allylic oxidation sites excluding steroid dienone is 3. The van der Waals surface area contributed by atoms with E-state index in [2.05, 4.69) is 12.2 Å². The quantitative estimate of drug-likeness (QED) is 0.495. The number of hydrogen-bond acceptors (Lipinski definition) is 3. The number of hydrogen-bond donors (Lipinski definition) is 0. The highest BCUT2D eigenvalue weighted by atomic mass is 16.5. The Hall–Kier alpha value is -1.38. The van der Waals surface area contributed by atoms with Crippen LogP contribution in [0, 0.1) is 23.7 Å². The average molecular weight is 218 g/mol. The van der Waals surface area contributed by atoms with E-state index in [9.17, 15) is 9.59 Å². The second-order valence-corrected chi connectivity index (χ2v) is 4.89. The first-order chi connectivity index (χ1) is 7.66. The monoisotopic (exact) mass is 218 g/mol. The second-order valence-electron chi connectivity index (χ2n) is 4.89. The van der Waals surface area contributed by atoms with Crippen molar-refractivity contribution in [3.05, 3.63) is 24.3 Å². The highest BCUT2D eigenvalue weighted by Gasteiger charge is 2.52. The summed E-state index contributed by atoms with van der Waals surface area (Å²) in [6.07, 6.45) is 8.49. The van der Waals surface area contributed by atoms with E-state index in [1.165, 1.54) is 6.92 Å². The van der Waals surface area contributed by atoms with Crippen LogP contribution in [0.3, 0.4) is 0 Å². The van der Waals surface area contributed by atoms with Crippen LogP contribution in [0.2, 0.25) is 0 Å². The van der Waals surface area contributed by atoms with Gasteiger partial charge in [0.05, 0.1) is 0 Å². The lowest BCUT2D eigenvalue weighted by Gasteiger charge is -2.33. The molecule has 0 radical (unpaired) electrons. The zero-order chi connectivity index (χ0) is 11.3. The van der Waals surface area contributed by atoms with Crippen molar-refractivity contribution in [2.45, 2.75) is 19.4 Å². The molecule has 1 saturated carbocycles. The van der Waals surface area contributed by atoms with Gasteiger partial charge in [-0.3, -0.25) is 9.59 Å². The topological polar surface area (TPSA) is 43.4 Å². The van der Waals surface area contributed by atoms with E-state index < -0.39 is 0 Å². The van der Waals surface area contributed by atoms with Gasteiger partial charge in [0.15, 0.2) is 5.78 Å². The Morgan fingerprint density at radius 2 is 2.06 bits per heavy atom. The molecule has 1 fully saturated rings. The Morgan fingerprint density at radius 1 is 1.31 bits per heavy atom. The highest BCUT2D eigenvalue weighted by molar-refractivity contribution is 5.94. The molecule has 0 amide bonds. The van der Waals surface area contributed by atoms with E-state index in [4.69, 9.17) is 4.74 Å². The van der Waals surface area contributed by atoms with Crippen LogP contribution >= 0.6 is 0 Å². The molecule has 3 aliphatic carbocycles. The van der Waals surface area contributed by atoms with Gasteiger partial charge in [-0.2, -0.15) is 0 Å². The molecule has 3 heteroatoms. The number of carbonyl (C=O) groups is 2. The van der Waals surface area contributed by atoms with Crippen molar-refractivity contribution in [1.29, 1.82) is 0 Å². The summed E-state index contributed by atoms with van der Waals surface area (Å²) in [6, 6.07) is 0. The molecule has 3 unspecified atom stereocenters. The maximum Gasteiger partial charge on any atom is 0.303 e. The smallest absolute Gasteiger partial charge is 0.303 e. The van der Waals surface area contributed by atoms with E-state index in [1.54, 1.807) is 12.2 Å². The zero-order valence-corrected chi connectivity index (χ0v) is 9.13. The molecule has 3 rings (SSSR count). The van der Waals surface area contributed by atoms with Gasteiger partial charge in [-0.25, -0.2) is 0 Å². The normalized spacial score (nSPS) is 43.6. The lowest BCUT2D eigenvalue weighted by Crippen LogP contribution is -2.39. The van der Waals surface area contributed by atoms with Crippen molar-refractivity contribution in [3.63, 3.8) is 0 Å². The summed E-state index contributed by atoms with van der Waals surface area (Å²) < 4.78 is 5.29. The molecule has 3 nitrogen and oxygen atoms in total. The van der Waals surface area contributed by atoms with Crippen LogP contribution in [0.25, 0.3) is 0 Å². The molecule has 0 aliphatic heterocycles. The van der Waals surface area contributed by atoms with Crippen molar-refractivity contribution in [1.82, 2.24) is 0 Å².